The second-order valence-corrected chi connectivity index (χ2v) is 15.7. The molecule has 0 amide bonds. The number of esters is 3. The summed E-state index contributed by atoms with van der Waals surface area (Å²) in [6.07, 6.45) is 42.4. The predicted molar refractivity (Wildman–Crippen MR) is 220 cm³/mol. The SMILES string of the molecule is CCCCCCCCCCCCCCCCCC(=O)OC[C@@H](COC(=O)CCCCCCCCCCCCCC)OC(=O)CCCCCCCCC. The van der Waals surface area contributed by atoms with Crippen molar-refractivity contribution >= 4 is 17.9 Å². The third-order valence-electron chi connectivity index (χ3n) is 10.4. The molecule has 0 spiro atoms. The van der Waals surface area contributed by atoms with Gasteiger partial charge in [-0.05, 0) is 19.3 Å². The number of carbonyl (C=O) groups is 3. The highest BCUT2D eigenvalue weighted by Crippen LogP contribution is 2.16. The van der Waals surface area contributed by atoms with E-state index in [0.29, 0.717) is 19.3 Å². The Morgan fingerprint density at radius 3 is 0.769 bits per heavy atom. The van der Waals surface area contributed by atoms with Crippen LogP contribution in [0.15, 0.2) is 0 Å². The molecule has 0 aromatic rings. The maximum Gasteiger partial charge on any atom is 0.306 e. The van der Waals surface area contributed by atoms with Gasteiger partial charge in [-0.1, -0.05) is 220 Å². The molecule has 0 saturated carbocycles. The number of rotatable bonds is 42. The lowest BCUT2D eigenvalue weighted by atomic mass is 10.0. The van der Waals surface area contributed by atoms with E-state index in [-0.39, 0.29) is 31.1 Å². The second-order valence-electron chi connectivity index (χ2n) is 15.7. The zero-order valence-corrected chi connectivity index (χ0v) is 35.1. The standard InChI is InChI=1S/C46H88O6/c1-4-7-10-13-16-18-20-22-23-24-26-28-31-33-36-39-45(48)51-42-43(52-46(49)40-37-34-29-15-12-9-6-3)41-50-44(47)38-35-32-30-27-25-21-19-17-14-11-8-5-2/h43H,4-42H2,1-3H3/t43-/m1/s1. The molecule has 0 aliphatic rings. The van der Waals surface area contributed by atoms with E-state index in [2.05, 4.69) is 20.8 Å². The zero-order chi connectivity index (χ0) is 38.0. The van der Waals surface area contributed by atoms with E-state index in [1.165, 1.54) is 161 Å². The van der Waals surface area contributed by atoms with E-state index in [0.717, 1.165) is 57.8 Å². The molecule has 0 aromatic carbocycles. The van der Waals surface area contributed by atoms with Crippen LogP contribution in [0.25, 0.3) is 0 Å². The Kier molecular flexibility index (Phi) is 40.9. The van der Waals surface area contributed by atoms with Gasteiger partial charge in [0.2, 0.25) is 0 Å². The lowest BCUT2D eigenvalue weighted by Gasteiger charge is -2.18. The zero-order valence-electron chi connectivity index (χ0n) is 35.1. The lowest BCUT2D eigenvalue weighted by Crippen LogP contribution is -2.30. The predicted octanol–water partition coefficient (Wildman–Crippen LogP) is 14.5. The first kappa shape index (κ1) is 50.4. The Hall–Kier alpha value is -1.59. The van der Waals surface area contributed by atoms with Crippen molar-refractivity contribution in [2.24, 2.45) is 0 Å². The molecule has 6 heteroatoms. The van der Waals surface area contributed by atoms with Gasteiger partial charge < -0.3 is 14.2 Å². The van der Waals surface area contributed by atoms with Gasteiger partial charge in [-0.15, -0.1) is 0 Å². The number of hydrogen-bond acceptors (Lipinski definition) is 6. The maximum atomic E-state index is 12.6. The van der Waals surface area contributed by atoms with E-state index in [4.69, 9.17) is 14.2 Å². The molecule has 0 aromatic heterocycles. The minimum absolute atomic E-state index is 0.0633. The minimum Gasteiger partial charge on any atom is -0.462 e. The summed E-state index contributed by atoms with van der Waals surface area (Å²) < 4.78 is 16.7. The fourth-order valence-corrected chi connectivity index (χ4v) is 6.85. The van der Waals surface area contributed by atoms with Gasteiger partial charge in [0.15, 0.2) is 6.10 Å². The van der Waals surface area contributed by atoms with Crippen molar-refractivity contribution in [3.05, 3.63) is 0 Å². The molecule has 308 valence electrons. The Morgan fingerprint density at radius 1 is 0.308 bits per heavy atom. The number of hydrogen-bond donors (Lipinski definition) is 0. The molecule has 0 fully saturated rings. The van der Waals surface area contributed by atoms with Gasteiger partial charge in [0.05, 0.1) is 0 Å². The van der Waals surface area contributed by atoms with Crippen LogP contribution in [0.2, 0.25) is 0 Å². The van der Waals surface area contributed by atoms with Crippen LogP contribution in [0.4, 0.5) is 0 Å². The monoisotopic (exact) mass is 737 g/mol. The number of carbonyl (C=O) groups excluding carboxylic acids is 3. The van der Waals surface area contributed by atoms with E-state index >= 15 is 0 Å². The Labute approximate surface area is 323 Å². The van der Waals surface area contributed by atoms with Gasteiger partial charge in [-0.3, -0.25) is 14.4 Å². The molecule has 0 aliphatic heterocycles. The molecule has 0 unspecified atom stereocenters. The van der Waals surface area contributed by atoms with Crippen molar-refractivity contribution < 1.29 is 28.6 Å². The van der Waals surface area contributed by atoms with Gasteiger partial charge in [0, 0.05) is 19.3 Å². The quantitative estimate of drug-likeness (QED) is 0.0353. The lowest BCUT2D eigenvalue weighted by molar-refractivity contribution is -0.167. The normalized spacial score (nSPS) is 11.8. The molecule has 1 atom stereocenters. The van der Waals surface area contributed by atoms with Crippen LogP contribution < -0.4 is 0 Å². The Balaban J connectivity index is 4.21. The van der Waals surface area contributed by atoms with Crippen LogP contribution in [-0.2, 0) is 28.6 Å². The topological polar surface area (TPSA) is 78.9 Å². The van der Waals surface area contributed by atoms with Crippen molar-refractivity contribution in [3.8, 4) is 0 Å². The van der Waals surface area contributed by atoms with Gasteiger partial charge in [0.1, 0.15) is 13.2 Å². The molecular weight excluding hydrogens is 649 g/mol. The highest BCUT2D eigenvalue weighted by molar-refractivity contribution is 5.71. The fraction of sp³-hybridized carbons (Fsp3) is 0.935. The Bertz CT molecular complexity index is 768. The second kappa shape index (κ2) is 42.2. The highest BCUT2D eigenvalue weighted by atomic mass is 16.6. The first-order valence-corrected chi connectivity index (χ1v) is 23.0. The summed E-state index contributed by atoms with van der Waals surface area (Å²) >= 11 is 0. The van der Waals surface area contributed by atoms with Crippen molar-refractivity contribution in [1.82, 2.24) is 0 Å². The largest absolute Gasteiger partial charge is 0.462 e. The molecule has 6 nitrogen and oxygen atoms in total. The summed E-state index contributed by atoms with van der Waals surface area (Å²) in [5.41, 5.74) is 0. The third kappa shape index (κ3) is 39.6. The van der Waals surface area contributed by atoms with Gasteiger partial charge in [0.25, 0.3) is 0 Å². The van der Waals surface area contributed by atoms with Gasteiger partial charge >= 0.3 is 17.9 Å². The van der Waals surface area contributed by atoms with Crippen LogP contribution >= 0.6 is 0 Å². The van der Waals surface area contributed by atoms with Crippen LogP contribution in [0, 0.1) is 0 Å². The molecular formula is C46H88O6. The van der Waals surface area contributed by atoms with Crippen LogP contribution in [0.3, 0.4) is 0 Å². The molecule has 0 radical (unpaired) electrons. The van der Waals surface area contributed by atoms with Gasteiger partial charge in [-0.2, -0.15) is 0 Å². The summed E-state index contributed by atoms with van der Waals surface area (Å²) in [6, 6.07) is 0. The van der Waals surface area contributed by atoms with Gasteiger partial charge in [-0.25, -0.2) is 0 Å². The molecule has 0 heterocycles. The number of unbranched alkanes of at least 4 members (excludes halogenated alkanes) is 31. The molecule has 52 heavy (non-hydrogen) atoms. The summed E-state index contributed by atoms with van der Waals surface area (Å²) in [5.74, 6) is -0.857. The molecule has 0 aliphatic carbocycles. The Morgan fingerprint density at radius 2 is 0.519 bits per heavy atom. The van der Waals surface area contributed by atoms with Crippen molar-refractivity contribution in [2.75, 3.05) is 13.2 Å². The maximum absolute atomic E-state index is 12.6. The van der Waals surface area contributed by atoms with E-state index < -0.39 is 6.10 Å². The van der Waals surface area contributed by atoms with Crippen LogP contribution in [0.1, 0.15) is 258 Å². The molecule has 0 saturated heterocycles. The van der Waals surface area contributed by atoms with Crippen LogP contribution in [0.5, 0.6) is 0 Å². The fourth-order valence-electron chi connectivity index (χ4n) is 6.85. The summed E-state index contributed by atoms with van der Waals surface area (Å²) in [4.78, 5) is 37.6. The number of ether oxygens (including phenoxy) is 3. The minimum atomic E-state index is -0.756. The van der Waals surface area contributed by atoms with Crippen molar-refractivity contribution in [1.29, 1.82) is 0 Å². The molecule has 0 rings (SSSR count). The smallest absolute Gasteiger partial charge is 0.306 e. The first-order valence-electron chi connectivity index (χ1n) is 23.0. The summed E-state index contributed by atoms with van der Waals surface area (Å²) in [5, 5.41) is 0. The molecule has 0 bridgehead atoms. The summed E-state index contributed by atoms with van der Waals surface area (Å²) in [7, 11) is 0. The third-order valence-corrected chi connectivity index (χ3v) is 10.4. The van der Waals surface area contributed by atoms with Crippen molar-refractivity contribution in [3.63, 3.8) is 0 Å². The first-order chi connectivity index (χ1) is 25.5. The van der Waals surface area contributed by atoms with Crippen LogP contribution in [-0.4, -0.2) is 37.2 Å². The highest BCUT2D eigenvalue weighted by Gasteiger charge is 2.19. The molecule has 0 N–H and O–H groups in total. The van der Waals surface area contributed by atoms with E-state index in [1.54, 1.807) is 0 Å². The summed E-state index contributed by atoms with van der Waals surface area (Å²) in [6.45, 7) is 6.61. The van der Waals surface area contributed by atoms with Crippen molar-refractivity contribution in [2.45, 2.75) is 264 Å². The average molecular weight is 737 g/mol. The average Bonchev–Trinajstić information content (AvgIpc) is 3.14. The van der Waals surface area contributed by atoms with E-state index in [9.17, 15) is 14.4 Å². The van der Waals surface area contributed by atoms with E-state index in [1.807, 2.05) is 0 Å².